The van der Waals surface area contributed by atoms with Gasteiger partial charge in [0.15, 0.2) is 6.61 Å². The molecule has 0 aliphatic carbocycles. The lowest BCUT2D eigenvalue weighted by atomic mass is 10.3. The predicted molar refractivity (Wildman–Crippen MR) is 102 cm³/mol. The molecule has 140 valence electrons. The van der Waals surface area contributed by atoms with Crippen molar-refractivity contribution in [3.8, 4) is 11.6 Å². The van der Waals surface area contributed by atoms with Crippen LogP contribution in [0.2, 0.25) is 0 Å². The lowest BCUT2D eigenvalue weighted by molar-refractivity contribution is -0.123. The van der Waals surface area contributed by atoms with Crippen LogP contribution in [0.3, 0.4) is 0 Å². The van der Waals surface area contributed by atoms with Crippen LogP contribution in [0.1, 0.15) is 11.6 Å². The number of para-hydroxylation sites is 1. The third kappa shape index (κ3) is 5.27. The molecule has 8 nitrogen and oxygen atoms in total. The Bertz CT molecular complexity index is 894. The van der Waals surface area contributed by atoms with Crippen LogP contribution in [0.15, 0.2) is 48.8 Å². The normalized spacial score (nSPS) is 10.4. The Hall–Kier alpha value is -3.42. The summed E-state index contributed by atoms with van der Waals surface area (Å²) in [5.74, 6) is 3.45. The summed E-state index contributed by atoms with van der Waals surface area (Å²) in [6.45, 7) is 4.73. The Labute approximate surface area is 157 Å². The molecule has 0 atom stereocenters. The number of nitrogens with one attached hydrogen (secondary N) is 2. The van der Waals surface area contributed by atoms with Gasteiger partial charge in [0.2, 0.25) is 0 Å². The van der Waals surface area contributed by atoms with Gasteiger partial charge in [-0.2, -0.15) is 0 Å². The Morgan fingerprint density at radius 2 is 1.96 bits per heavy atom. The summed E-state index contributed by atoms with van der Waals surface area (Å²) in [6.07, 6.45) is 3.58. The second-order valence-corrected chi connectivity index (χ2v) is 5.88. The van der Waals surface area contributed by atoms with E-state index in [1.165, 1.54) is 0 Å². The van der Waals surface area contributed by atoms with Crippen LogP contribution in [0.25, 0.3) is 5.82 Å². The van der Waals surface area contributed by atoms with Crippen molar-refractivity contribution in [3.63, 3.8) is 0 Å². The zero-order valence-corrected chi connectivity index (χ0v) is 15.3. The summed E-state index contributed by atoms with van der Waals surface area (Å²) >= 11 is 0. The highest BCUT2D eigenvalue weighted by molar-refractivity contribution is 5.77. The maximum atomic E-state index is 11.8. The molecule has 0 aliphatic heterocycles. The van der Waals surface area contributed by atoms with Gasteiger partial charge in [0, 0.05) is 31.5 Å². The average Bonchev–Trinajstić information content (AvgIpc) is 3.10. The highest BCUT2D eigenvalue weighted by atomic mass is 16.5. The Kier molecular flexibility index (Phi) is 5.98. The van der Waals surface area contributed by atoms with Crippen LogP contribution >= 0.6 is 0 Å². The zero-order valence-electron chi connectivity index (χ0n) is 15.3. The molecule has 27 heavy (non-hydrogen) atoms. The third-order valence-corrected chi connectivity index (χ3v) is 3.76. The number of imidazole rings is 1. The van der Waals surface area contributed by atoms with E-state index in [1.807, 2.05) is 61.0 Å². The summed E-state index contributed by atoms with van der Waals surface area (Å²) < 4.78 is 7.30. The number of anilines is 1. The van der Waals surface area contributed by atoms with E-state index in [0.29, 0.717) is 30.5 Å². The fraction of sp³-hybridized carbons (Fsp3) is 0.263. The van der Waals surface area contributed by atoms with Crippen molar-refractivity contribution in [1.29, 1.82) is 0 Å². The fourth-order valence-electron chi connectivity index (χ4n) is 2.50. The Morgan fingerprint density at radius 3 is 2.70 bits per heavy atom. The number of nitrogens with zero attached hydrogens (tertiary/aromatic N) is 4. The quantitative estimate of drug-likeness (QED) is 0.591. The largest absolute Gasteiger partial charge is 0.484 e. The molecule has 0 radical (unpaired) electrons. The number of rotatable bonds is 8. The van der Waals surface area contributed by atoms with Gasteiger partial charge in [0.25, 0.3) is 5.91 Å². The zero-order chi connectivity index (χ0) is 19.1. The predicted octanol–water partition coefficient (Wildman–Crippen LogP) is 1.89. The first kappa shape index (κ1) is 18.4. The number of hydrogen-bond acceptors (Lipinski definition) is 6. The number of carbonyl (C=O) groups excluding carboxylic acids is 1. The number of hydrogen-bond donors (Lipinski definition) is 2. The van der Waals surface area contributed by atoms with E-state index in [4.69, 9.17) is 4.74 Å². The van der Waals surface area contributed by atoms with Gasteiger partial charge in [-0.15, -0.1) is 0 Å². The van der Waals surface area contributed by atoms with Gasteiger partial charge in [-0.25, -0.2) is 15.0 Å². The number of aryl methyl sites for hydroxylation is 2. The van der Waals surface area contributed by atoms with Crippen LogP contribution in [0.4, 0.5) is 5.82 Å². The molecule has 0 bridgehead atoms. The van der Waals surface area contributed by atoms with Crippen LogP contribution in [-0.4, -0.2) is 45.1 Å². The molecule has 0 spiro atoms. The fourth-order valence-corrected chi connectivity index (χ4v) is 2.50. The van der Waals surface area contributed by atoms with E-state index in [2.05, 4.69) is 25.6 Å². The third-order valence-electron chi connectivity index (χ3n) is 3.76. The van der Waals surface area contributed by atoms with Crippen molar-refractivity contribution in [1.82, 2.24) is 24.8 Å². The first-order valence-corrected chi connectivity index (χ1v) is 8.66. The molecule has 8 heteroatoms. The Morgan fingerprint density at radius 1 is 1.15 bits per heavy atom. The molecule has 2 N–H and O–H groups in total. The highest BCUT2D eigenvalue weighted by Crippen LogP contribution is 2.12. The molecule has 1 amide bonds. The van der Waals surface area contributed by atoms with Gasteiger partial charge < -0.3 is 15.4 Å². The van der Waals surface area contributed by atoms with E-state index in [9.17, 15) is 4.79 Å². The van der Waals surface area contributed by atoms with Gasteiger partial charge in [0.05, 0.1) is 0 Å². The van der Waals surface area contributed by atoms with E-state index in [1.54, 1.807) is 6.20 Å². The second kappa shape index (κ2) is 8.79. The molecule has 2 heterocycles. The maximum Gasteiger partial charge on any atom is 0.258 e. The van der Waals surface area contributed by atoms with Gasteiger partial charge in [-0.3, -0.25) is 9.36 Å². The second-order valence-electron chi connectivity index (χ2n) is 5.88. The monoisotopic (exact) mass is 366 g/mol. The molecular formula is C19H22N6O2. The SMILES string of the molecule is Cc1nc(NCCNC(=O)COc2ccccc2)cc(-n2ccnc2C)n1. The average molecular weight is 366 g/mol. The standard InChI is InChI=1S/C19H22N6O2/c1-14-23-17(12-18(24-14)25-11-10-20-15(25)2)21-8-9-22-19(26)13-27-16-6-4-3-5-7-16/h3-7,10-12H,8-9,13H2,1-2H3,(H,22,26)(H,21,23,24). The summed E-state index contributed by atoms with van der Waals surface area (Å²) in [5, 5.41) is 6.00. The Balaban J connectivity index is 1.46. The van der Waals surface area contributed by atoms with Gasteiger partial charge >= 0.3 is 0 Å². The smallest absolute Gasteiger partial charge is 0.258 e. The number of carbonyl (C=O) groups is 1. The summed E-state index contributed by atoms with van der Waals surface area (Å²) in [6, 6.07) is 11.1. The van der Waals surface area contributed by atoms with E-state index < -0.39 is 0 Å². The van der Waals surface area contributed by atoms with E-state index in [-0.39, 0.29) is 12.5 Å². The number of ether oxygens (including phenoxy) is 1. The highest BCUT2D eigenvalue weighted by Gasteiger charge is 2.06. The molecule has 2 aromatic heterocycles. The molecule has 0 unspecified atom stereocenters. The first-order valence-electron chi connectivity index (χ1n) is 8.66. The molecular weight excluding hydrogens is 344 g/mol. The van der Waals surface area contributed by atoms with Crippen LogP contribution in [-0.2, 0) is 4.79 Å². The number of amides is 1. The van der Waals surface area contributed by atoms with E-state index >= 15 is 0 Å². The molecule has 3 aromatic rings. The van der Waals surface area contributed by atoms with Crippen LogP contribution in [0.5, 0.6) is 5.75 Å². The van der Waals surface area contributed by atoms with Gasteiger partial charge in [0.1, 0.15) is 29.0 Å². The van der Waals surface area contributed by atoms with Crippen LogP contribution < -0.4 is 15.4 Å². The summed E-state index contributed by atoms with van der Waals surface area (Å²) in [5.41, 5.74) is 0. The molecule has 3 rings (SSSR count). The molecule has 1 aromatic carbocycles. The maximum absolute atomic E-state index is 11.8. The lowest BCUT2D eigenvalue weighted by Gasteiger charge is -2.11. The molecule has 0 aliphatic rings. The summed E-state index contributed by atoms with van der Waals surface area (Å²) in [7, 11) is 0. The topological polar surface area (TPSA) is 94.0 Å². The van der Waals surface area contributed by atoms with Crippen molar-refractivity contribution in [2.75, 3.05) is 25.0 Å². The molecule has 0 saturated heterocycles. The van der Waals surface area contributed by atoms with Gasteiger partial charge in [-0.05, 0) is 26.0 Å². The lowest BCUT2D eigenvalue weighted by Crippen LogP contribution is -2.32. The van der Waals surface area contributed by atoms with Crippen molar-refractivity contribution in [2.45, 2.75) is 13.8 Å². The van der Waals surface area contributed by atoms with Crippen molar-refractivity contribution in [3.05, 3.63) is 60.4 Å². The molecule has 0 saturated carbocycles. The minimum Gasteiger partial charge on any atom is -0.484 e. The van der Waals surface area contributed by atoms with Crippen molar-refractivity contribution < 1.29 is 9.53 Å². The minimum atomic E-state index is -0.172. The van der Waals surface area contributed by atoms with Crippen molar-refractivity contribution >= 4 is 11.7 Å². The van der Waals surface area contributed by atoms with Crippen molar-refractivity contribution in [2.24, 2.45) is 0 Å². The van der Waals surface area contributed by atoms with Crippen LogP contribution in [0, 0.1) is 13.8 Å². The molecule has 0 fully saturated rings. The van der Waals surface area contributed by atoms with E-state index in [0.717, 1.165) is 11.6 Å². The minimum absolute atomic E-state index is 0.0132. The number of aromatic nitrogens is 4. The van der Waals surface area contributed by atoms with Gasteiger partial charge in [-0.1, -0.05) is 18.2 Å². The number of benzene rings is 1. The summed E-state index contributed by atoms with van der Waals surface area (Å²) in [4.78, 5) is 24.8. The first-order chi connectivity index (χ1) is 13.1.